The van der Waals surface area contributed by atoms with Crippen LogP contribution in [0.5, 0.6) is 5.75 Å². The first-order valence-corrected chi connectivity index (χ1v) is 7.04. The van der Waals surface area contributed by atoms with Crippen LogP contribution in [0, 0.1) is 6.92 Å². The summed E-state index contributed by atoms with van der Waals surface area (Å²) >= 11 is 0. The van der Waals surface area contributed by atoms with Gasteiger partial charge in [0.1, 0.15) is 5.75 Å². The van der Waals surface area contributed by atoms with Crippen molar-refractivity contribution in [1.82, 2.24) is 4.90 Å². The quantitative estimate of drug-likeness (QED) is 0.935. The van der Waals surface area contributed by atoms with Gasteiger partial charge in [-0.3, -0.25) is 4.79 Å². The van der Waals surface area contributed by atoms with Crippen molar-refractivity contribution >= 4 is 5.91 Å². The summed E-state index contributed by atoms with van der Waals surface area (Å²) in [6.07, 6.45) is 0.343. The molecule has 0 aliphatic carbocycles. The molecule has 2 aromatic rings. The lowest BCUT2D eigenvalue weighted by molar-refractivity contribution is -0.128. The predicted molar refractivity (Wildman–Crippen MR) is 84.4 cm³/mol. The highest BCUT2D eigenvalue weighted by Gasteiger charge is 2.22. The second-order valence-electron chi connectivity index (χ2n) is 5.46. The molecular formula is C18H21NO2. The molecule has 2 aromatic carbocycles. The third-order valence-electron chi connectivity index (χ3n) is 3.75. The number of carbonyl (C=O) groups is 1. The van der Waals surface area contributed by atoms with Crippen LogP contribution in [0.15, 0.2) is 48.5 Å². The van der Waals surface area contributed by atoms with Gasteiger partial charge in [0, 0.05) is 32.0 Å². The Morgan fingerprint density at radius 1 is 1.05 bits per heavy atom. The largest absolute Gasteiger partial charge is 0.508 e. The van der Waals surface area contributed by atoms with Gasteiger partial charge in [-0.1, -0.05) is 42.5 Å². The van der Waals surface area contributed by atoms with Crippen LogP contribution in [0.4, 0.5) is 0 Å². The summed E-state index contributed by atoms with van der Waals surface area (Å²) in [6, 6.07) is 15.2. The van der Waals surface area contributed by atoms with E-state index in [2.05, 4.69) is 0 Å². The van der Waals surface area contributed by atoms with Gasteiger partial charge in [-0.05, 0) is 24.1 Å². The molecule has 1 amide bonds. The minimum atomic E-state index is -0.137. The fraction of sp³-hybridized carbons (Fsp3) is 0.278. The number of benzene rings is 2. The second-order valence-corrected chi connectivity index (χ2v) is 5.46. The third kappa shape index (κ3) is 3.43. The second kappa shape index (κ2) is 6.44. The predicted octanol–water partition coefficient (Wildman–Crippen LogP) is 3.31. The Kier molecular flexibility index (Phi) is 4.63. The molecule has 0 aliphatic rings. The zero-order valence-corrected chi connectivity index (χ0v) is 12.7. The Hall–Kier alpha value is -2.29. The van der Waals surface area contributed by atoms with Crippen LogP contribution in [0.25, 0.3) is 0 Å². The maximum Gasteiger partial charge on any atom is 0.223 e. The Morgan fingerprint density at radius 3 is 2.19 bits per heavy atom. The minimum Gasteiger partial charge on any atom is -0.508 e. The van der Waals surface area contributed by atoms with E-state index < -0.39 is 0 Å². The molecule has 0 spiro atoms. The molecule has 0 bridgehead atoms. The van der Waals surface area contributed by atoms with Crippen molar-refractivity contribution in [2.45, 2.75) is 19.3 Å². The summed E-state index contributed by atoms with van der Waals surface area (Å²) in [5.41, 5.74) is 2.99. The first-order chi connectivity index (χ1) is 10.0. The minimum absolute atomic E-state index is 0.0477. The highest BCUT2D eigenvalue weighted by molar-refractivity contribution is 5.77. The number of phenolic OH excluding ortho intramolecular Hbond substituents is 1. The highest BCUT2D eigenvalue weighted by Crippen LogP contribution is 2.35. The zero-order chi connectivity index (χ0) is 15.4. The van der Waals surface area contributed by atoms with Crippen molar-refractivity contribution in [2.24, 2.45) is 0 Å². The van der Waals surface area contributed by atoms with Crippen LogP contribution in [-0.2, 0) is 4.79 Å². The fourth-order valence-corrected chi connectivity index (χ4v) is 2.50. The lowest BCUT2D eigenvalue weighted by Crippen LogP contribution is -2.24. The highest BCUT2D eigenvalue weighted by atomic mass is 16.3. The summed E-state index contributed by atoms with van der Waals surface area (Å²) in [5.74, 6) is 0.145. The maximum atomic E-state index is 12.2. The van der Waals surface area contributed by atoms with Crippen LogP contribution < -0.4 is 0 Å². The summed E-state index contributed by atoms with van der Waals surface area (Å²) in [5, 5.41) is 10.2. The first-order valence-electron chi connectivity index (χ1n) is 7.04. The first kappa shape index (κ1) is 15.1. The molecule has 3 heteroatoms. The van der Waals surface area contributed by atoms with E-state index in [0.717, 1.165) is 16.7 Å². The normalized spacial score (nSPS) is 12.0. The van der Waals surface area contributed by atoms with Crippen LogP contribution in [0.3, 0.4) is 0 Å². The van der Waals surface area contributed by atoms with E-state index in [9.17, 15) is 9.90 Å². The van der Waals surface area contributed by atoms with Gasteiger partial charge in [-0.25, -0.2) is 0 Å². The number of nitrogens with zero attached hydrogens (tertiary/aromatic N) is 1. The maximum absolute atomic E-state index is 12.2. The topological polar surface area (TPSA) is 40.5 Å². The van der Waals surface area contributed by atoms with Crippen LogP contribution >= 0.6 is 0 Å². The van der Waals surface area contributed by atoms with E-state index in [0.29, 0.717) is 6.42 Å². The van der Waals surface area contributed by atoms with Crippen LogP contribution in [0.2, 0.25) is 0 Å². The van der Waals surface area contributed by atoms with Crippen molar-refractivity contribution in [3.05, 3.63) is 65.2 Å². The van der Waals surface area contributed by atoms with E-state index in [-0.39, 0.29) is 17.6 Å². The van der Waals surface area contributed by atoms with E-state index in [1.54, 1.807) is 31.1 Å². The fourth-order valence-electron chi connectivity index (χ4n) is 2.50. The molecular weight excluding hydrogens is 262 g/mol. The Labute approximate surface area is 125 Å². The van der Waals surface area contributed by atoms with E-state index in [4.69, 9.17) is 0 Å². The molecule has 110 valence electrons. The molecule has 0 radical (unpaired) electrons. The van der Waals surface area contributed by atoms with Gasteiger partial charge in [0.25, 0.3) is 0 Å². The molecule has 3 nitrogen and oxygen atoms in total. The summed E-state index contributed by atoms with van der Waals surface area (Å²) < 4.78 is 0. The number of rotatable bonds is 4. The molecule has 1 N–H and O–H groups in total. The summed E-state index contributed by atoms with van der Waals surface area (Å²) in [7, 11) is 3.50. The smallest absolute Gasteiger partial charge is 0.223 e. The number of phenols is 1. The number of carbonyl (C=O) groups excluding carboxylic acids is 1. The molecule has 21 heavy (non-hydrogen) atoms. The van der Waals surface area contributed by atoms with Crippen molar-refractivity contribution in [1.29, 1.82) is 0 Å². The molecule has 1 atom stereocenters. The molecule has 2 rings (SSSR count). The van der Waals surface area contributed by atoms with Crippen molar-refractivity contribution in [2.75, 3.05) is 14.1 Å². The molecule has 0 saturated carbocycles. The Bertz CT molecular complexity index is 589. The van der Waals surface area contributed by atoms with Gasteiger partial charge in [-0.15, -0.1) is 0 Å². The van der Waals surface area contributed by atoms with Crippen molar-refractivity contribution in [3.8, 4) is 5.75 Å². The van der Waals surface area contributed by atoms with Gasteiger partial charge in [0.15, 0.2) is 0 Å². The summed E-state index contributed by atoms with van der Waals surface area (Å²) in [4.78, 5) is 13.8. The zero-order valence-electron chi connectivity index (χ0n) is 12.7. The number of para-hydroxylation sites is 1. The van der Waals surface area contributed by atoms with E-state index in [1.807, 2.05) is 43.3 Å². The molecule has 0 fully saturated rings. The van der Waals surface area contributed by atoms with E-state index in [1.165, 1.54) is 0 Å². The average Bonchev–Trinajstić information content (AvgIpc) is 2.46. The molecule has 0 aromatic heterocycles. The number of hydrogen-bond acceptors (Lipinski definition) is 2. The van der Waals surface area contributed by atoms with E-state index >= 15 is 0 Å². The van der Waals surface area contributed by atoms with Crippen molar-refractivity contribution < 1.29 is 9.90 Å². The standard InChI is InChI=1S/C18H21NO2/c1-13-8-4-5-9-14(13)16(12-18(21)19(2)3)15-10-6-7-11-17(15)20/h4-11,16,20H,12H2,1-3H3/t16-/m0/s1. The molecule has 0 heterocycles. The van der Waals surface area contributed by atoms with Gasteiger partial charge >= 0.3 is 0 Å². The van der Waals surface area contributed by atoms with Crippen LogP contribution in [-0.4, -0.2) is 30.0 Å². The number of amides is 1. The lowest BCUT2D eigenvalue weighted by atomic mass is 9.85. The number of aromatic hydroxyl groups is 1. The number of aryl methyl sites for hydroxylation is 1. The Morgan fingerprint density at radius 2 is 1.62 bits per heavy atom. The SMILES string of the molecule is Cc1ccccc1[C@H](CC(=O)N(C)C)c1ccccc1O. The van der Waals surface area contributed by atoms with Gasteiger partial charge < -0.3 is 10.0 Å². The average molecular weight is 283 g/mol. The summed E-state index contributed by atoms with van der Waals surface area (Å²) in [6.45, 7) is 2.03. The third-order valence-corrected chi connectivity index (χ3v) is 3.75. The molecule has 0 unspecified atom stereocenters. The van der Waals surface area contributed by atoms with Gasteiger partial charge in [0.05, 0.1) is 0 Å². The number of hydrogen-bond donors (Lipinski definition) is 1. The molecule has 0 saturated heterocycles. The van der Waals surface area contributed by atoms with Crippen LogP contribution in [0.1, 0.15) is 29.0 Å². The van der Waals surface area contributed by atoms with Gasteiger partial charge in [0.2, 0.25) is 5.91 Å². The monoisotopic (exact) mass is 283 g/mol. The molecule has 0 aliphatic heterocycles. The van der Waals surface area contributed by atoms with Crippen molar-refractivity contribution in [3.63, 3.8) is 0 Å². The lowest BCUT2D eigenvalue weighted by Gasteiger charge is -2.22. The van der Waals surface area contributed by atoms with Gasteiger partial charge in [-0.2, -0.15) is 0 Å². The Balaban J connectivity index is 2.48.